The van der Waals surface area contributed by atoms with Gasteiger partial charge in [0, 0.05) is 19.2 Å². The van der Waals surface area contributed by atoms with Crippen LogP contribution < -0.4 is 4.90 Å². The molecule has 98 valence electrons. The van der Waals surface area contributed by atoms with Gasteiger partial charge in [-0.15, -0.1) is 11.3 Å². The zero-order valence-electron chi connectivity index (χ0n) is 10.7. The van der Waals surface area contributed by atoms with Crippen molar-refractivity contribution in [3.63, 3.8) is 0 Å². The quantitative estimate of drug-likeness (QED) is 0.467. The van der Waals surface area contributed by atoms with Gasteiger partial charge in [-0.25, -0.2) is 0 Å². The van der Waals surface area contributed by atoms with Crippen molar-refractivity contribution in [3.8, 4) is 0 Å². The van der Waals surface area contributed by atoms with Crippen LogP contribution in [0.25, 0.3) is 0 Å². The summed E-state index contributed by atoms with van der Waals surface area (Å²) in [4.78, 5) is 24.4. The van der Waals surface area contributed by atoms with E-state index in [0.717, 1.165) is 0 Å². The molecule has 1 heterocycles. The van der Waals surface area contributed by atoms with Gasteiger partial charge in [-0.3, -0.25) is 14.9 Å². The highest BCUT2D eigenvalue weighted by Crippen LogP contribution is 2.42. The summed E-state index contributed by atoms with van der Waals surface area (Å²) in [6.45, 7) is 3.51. The van der Waals surface area contributed by atoms with E-state index in [1.165, 1.54) is 37.2 Å². The van der Waals surface area contributed by atoms with E-state index in [9.17, 15) is 14.9 Å². The van der Waals surface area contributed by atoms with Crippen LogP contribution in [0, 0.1) is 16.0 Å². The molecule has 1 aliphatic rings. The van der Waals surface area contributed by atoms with Gasteiger partial charge in [0.25, 0.3) is 0 Å². The fraction of sp³-hybridized carbons (Fsp3) is 0.583. The highest BCUT2D eigenvalue weighted by Gasteiger charge is 2.34. The number of carbonyl (C=O) groups excluding carboxylic acids is 1. The molecule has 0 aromatic carbocycles. The standard InChI is InChI=1S/C12H16N2O3S/c1-7(9-4-5-9)13(3)12-10(14(16)17)6-11(18-12)8(2)15/h6-7,9H,4-5H2,1-3H3. The molecule has 1 saturated carbocycles. The number of carbonyl (C=O) groups is 1. The molecule has 6 heteroatoms. The summed E-state index contributed by atoms with van der Waals surface area (Å²) in [6.07, 6.45) is 2.37. The summed E-state index contributed by atoms with van der Waals surface area (Å²) in [7, 11) is 1.87. The van der Waals surface area contributed by atoms with E-state index in [2.05, 4.69) is 6.92 Å². The summed E-state index contributed by atoms with van der Waals surface area (Å²) in [5.74, 6) is 0.499. The van der Waals surface area contributed by atoms with Crippen molar-refractivity contribution in [2.75, 3.05) is 11.9 Å². The molecule has 0 amide bonds. The number of nitro groups is 1. The van der Waals surface area contributed by atoms with E-state index in [1.54, 1.807) is 0 Å². The molecular weight excluding hydrogens is 252 g/mol. The van der Waals surface area contributed by atoms with Crippen molar-refractivity contribution < 1.29 is 9.72 Å². The largest absolute Gasteiger partial charge is 0.358 e. The maximum absolute atomic E-state index is 11.3. The van der Waals surface area contributed by atoms with E-state index >= 15 is 0 Å². The Morgan fingerprint density at radius 3 is 2.67 bits per heavy atom. The number of ketones is 1. The van der Waals surface area contributed by atoms with Crippen LogP contribution in [-0.2, 0) is 0 Å². The number of thiophene rings is 1. The molecule has 0 N–H and O–H groups in total. The minimum Gasteiger partial charge on any atom is -0.358 e. The number of hydrogen-bond acceptors (Lipinski definition) is 5. The first-order valence-electron chi connectivity index (χ1n) is 5.93. The van der Waals surface area contributed by atoms with Crippen LogP contribution in [0.4, 0.5) is 10.7 Å². The summed E-state index contributed by atoms with van der Waals surface area (Å²) in [5.41, 5.74) is 0.0419. The third-order valence-corrected chi connectivity index (χ3v) is 4.79. The molecule has 18 heavy (non-hydrogen) atoms. The van der Waals surface area contributed by atoms with Gasteiger partial charge in [-0.05, 0) is 32.6 Å². The molecule has 2 rings (SSSR count). The third kappa shape index (κ3) is 2.38. The van der Waals surface area contributed by atoms with E-state index < -0.39 is 4.92 Å². The number of Topliss-reactive ketones (excluding diaryl/α,β-unsaturated/α-hetero) is 1. The maximum Gasteiger partial charge on any atom is 0.304 e. The molecule has 1 atom stereocenters. The molecule has 1 aromatic heterocycles. The Morgan fingerprint density at radius 2 is 2.22 bits per heavy atom. The van der Waals surface area contributed by atoms with Crippen LogP contribution in [-0.4, -0.2) is 23.8 Å². The second-order valence-electron chi connectivity index (χ2n) is 4.80. The van der Waals surface area contributed by atoms with Gasteiger partial charge in [0.15, 0.2) is 10.8 Å². The highest BCUT2D eigenvalue weighted by molar-refractivity contribution is 7.18. The van der Waals surface area contributed by atoms with Crippen molar-refractivity contribution in [1.82, 2.24) is 0 Å². The van der Waals surface area contributed by atoms with Gasteiger partial charge in [-0.2, -0.15) is 0 Å². The topological polar surface area (TPSA) is 63.4 Å². The highest BCUT2D eigenvalue weighted by atomic mass is 32.1. The van der Waals surface area contributed by atoms with Crippen LogP contribution in [0.5, 0.6) is 0 Å². The Labute approximate surface area is 110 Å². The lowest BCUT2D eigenvalue weighted by atomic mass is 10.2. The molecule has 0 aliphatic heterocycles. The van der Waals surface area contributed by atoms with Crippen LogP contribution in [0.2, 0.25) is 0 Å². The van der Waals surface area contributed by atoms with Gasteiger partial charge in [0.05, 0.1) is 9.80 Å². The molecule has 1 aromatic rings. The van der Waals surface area contributed by atoms with Crippen molar-refractivity contribution >= 4 is 27.8 Å². The lowest BCUT2D eigenvalue weighted by Gasteiger charge is -2.24. The predicted molar refractivity (Wildman–Crippen MR) is 71.6 cm³/mol. The molecule has 1 unspecified atom stereocenters. The normalized spacial score (nSPS) is 16.4. The smallest absolute Gasteiger partial charge is 0.304 e. The van der Waals surface area contributed by atoms with Crippen LogP contribution >= 0.6 is 11.3 Å². The first-order valence-corrected chi connectivity index (χ1v) is 6.75. The molecule has 1 aliphatic carbocycles. The Hall–Kier alpha value is -1.43. The second kappa shape index (κ2) is 4.68. The molecule has 0 spiro atoms. The third-order valence-electron chi connectivity index (χ3n) is 3.47. The summed E-state index contributed by atoms with van der Waals surface area (Å²) in [6, 6.07) is 1.67. The van der Waals surface area contributed by atoms with Crippen LogP contribution in [0.15, 0.2) is 6.07 Å². The van der Waals surface area contributed by atoms with Crippen LogP contribution in [0.1, 0.15) is 36.4 Å². The number of rotatable bonds is 5. The molecule has 0 saturated heterocycles. The summed E-state index contributed by atoms with van der Waals surface area (Å²) in [5, 5.41) is 11.6. The molecular formula is C12H16N2O3S. The van der Waals surface area contributed by atoms with E-state index in [-0.39, 0.29) is 17.5 Å². The van der Waals surface area contributed by atoms with Gasteiger partial charge >= 0.3 is 5.69 Å². The zero-order valence-corrected chi connectivity index (χ0v) is 11.5. The van der Waals surface area contributed by atoms with Gasteiger partial charge < -0.3 is 4.90 Å². The van der Waals surface area contributed by atoms with Crippen molar-refractivity contribution in [2.24, 2.45) is 5.92 Å². The monoisotopic (exact) mass is 268 g/mol. The average molecular weight is 268 g/mol. The van der Waals surface area contributed by atoms with Gasteiger partial charge in [0.2, 0.25) is 0 Å². The zero-order chi connectivity index (χ0) is 13.4. The van der Waals surface area contributed by atoms with Crippen molar-refractivity contribution in [1.29, 1.82) is 0 Å². The lowest BCUT2D eigenvalue weighted by Crippen LogP contribution is -2.30. The lowest BCUT2D eigenvalue weighted by molar-refractivity contribution is -0.383. The fourth-order valence-corrected chi connectivity index (χ4v) is 3.08. The molecule has 5 nitrogen and oxygen atoms in total. The average Bonchev–Trinajstić information content (AvgIpc) is 3.04. The first-order chi connectivity index (χ1) is 8.41. The van der Waals surface area contributed by atoms with Crippen molar-refractivity contribution in [2.45, 2.75) is 32.7 Å². The molecule has 0 bridgehead atoms. The number of hydrogen-bond donors (Lipinski definition) is 0. The van der Waals surface area contributed by atoms with Gasteiger partial charge in [-0.1, -0.05) is 0 Å². The van der Waals surface area contributed by atoms with Crippen molar-refractivity contribution in [3.05, 3.63) is 21.1 Å². The Balaban J connectivity index is 2.34. The van der Waals surface area contributed by atoms with E-state index in [1.807, 2.05) is 11.9 Å². The second-order valence-corrected chi connectivity index (χ2v) is 5.83. The Kier molecular flexibility index (Phi) is 3.38. The molecule has 1 fully saturated rings. The SMILES string of the molecule is CC(=O)c1cc([N+](=O)[O-])c(N(C)C(C)C2CC2)s1. The predicted octanol–water partition coefficient (Wildman–Crippen LogP) is 3.09. The van der Waals surface area contributed by atoms with Crippen LogP contribution in [0.3, 0.4) is 0 Å². The number of anilines is 1. The summed E-state index contributed by atoms with van der Waals surface area (Å²) < 4.78 is 0. The first kappa shape index (κ1) is 13.0. The van der Waals surface area contributed by atoms with Gasteiger partial charge in [0.1, 0.15) is 0 Å². The molecule has 0 radical (unpaired) electrons. The Bertz CT molecular complexity index is 494. The minimum absolute atomic E-state index is 0.0419. The van der Waals surface area contributed by atoms with E-state index in [4.69, 9.17) is 0 Å². The number of nitrogens with zero attached hydrogens (tertiary/aromatic N) is 2. The fourth-order valence-electron chi connectivity index (χ4n) is 2.01. The summed E-state index contributed by atoms with van der Waals surface area (Å²) >= 11 is 1.21. The van der Waals surface area contributed by atoms with E-state index in [0.29, 0.717) is 15.8 Å². The minimum atomic E-state index is -0.408. The maximum atomic E-state index is 11.3. The Morgan fingerprint density at radius 1 is 1.61 bits per heavy atom.